The van der Waals surface area contributed by atoms with Crippen molar-refractivity contribution in [2.75, 3.05) is 6.54 Å². The zero-order chi connectivity index (χ0) is 32.9. The number of fused-ring (bicyclic) bond motifs is 3. The van der Waals surface area contributed by atoms with E-state index >= 15 is 0 Å². The Balaban J connectivity index is 1.04. The van der Waals surface area contributed by atoms with Gasteiger partial charge in [-0.05, 0) is 125 Å². The highest BCUT2D eigenvalue weighted by Gasteiger charge is 2.44. The lowest BCUT2D eigenvalue weighted by molar-refractivity contribution is 0.0850. The van der Waals surface area contributed by atoms with Gasteiger partial charge in [-0.15, -0.1) is 0 Å². The summed E-state index contributed by atoms with van der Waals surface area (Å²) in [6.45, 7) is 6.75. The Labute approximate surface area is 278 Å². The van der Waals surface area contributed by atoms with Crippen molar-refractivity contribution in [1.29, 1.82) is 0 Å². The van der Waals surface area contributed by atoms with E-state index in [-0.39, 0.29) is 22.3 Å². The lowest BCUT2D eigenvalue weighted by Crippen LogP contribution is -2.47. The number of carbonyl (C=O) groups excluding carboxylic acids is 1. The molecule has 1 saturated carbocycles. The van der Waals surface area contributed by atoms with Gasteiger partial charge in [-0.25, -0.2) is 18.5 Å². The number of benzene rings is 3. The number of sulfonamides is 1. The number of carbonyl (C=O) groups is 1. The normalized spacial score (nSPS) is 26.5. The van der Waals surface area contributed by atoms with Crippen LogP contribution in [-0.4, -0.2) is 53.4 Å². The van der Waals surface area contributed by atoms with Gasteiger partial charge in [0.05, 0.1) is 15.9 Å². The monoisotopic (exact) mass is 653 g/mol. The van der Waals surface area contributed by atoms with Gasteiger partial charge in [0.25, 0.3) is 5.91 Å². The van der Waals surface area contributed by atoms with Crippen molar-refractivity contribution in [1.82, 2.24) is 19.8 Å². The molecule has 1 aliphatic carbocycles. The summed E-state index contributed by atoms with van der Waals surface area (Å²) < 4.78 is 26.8. The summed E-state index contributed by atoms with van der Waals surface area (Å²) in [4.78, 5) is 21.2. The van der Waals surface area contributed by atoms with E-state index in [9.17, 15) is 13.2 Å². The SMILES string of the molecule is Cc1ccc(S(N)(=O)=O)c(C)c1C(=O)NC1CCC(CCN2C3CCC2CC(n2c(C)nc4ccccc42)C3)(c2ccccc2)CC1. The molecule has 2 bridgehead atoms. The highest BCUT2D eigenvalue weighted by molar-refractivity contribution is 7.89. The van der Waals surface area contributed by atoms with Crippen molar-refractivity contribution in [2.24, 2.45) is 5.14 Å². The topological polar surface area (TPSA) is 110 Å². The summed E-state index contributed by atoms with van der Waals surface area (Å²) in [6.07, 6.45) is 9.77. The minimum Gasteiger partial charge on any atom is -0.349 e. The summed E-state index contributed by atoms with van der Waals surface area (Å²) in [6, 6.07) is 24.4. The van der Waals surface area contributed by atoms with Gasteiger partial charge in [0.1, 0.15) is 5.82 Å². The summed E-state index contributed by atoms with van der Waals surface area (Å²) in [5.41, 5.74) is 5.39. The number of para-hydroxylation sites is 2. The van der Waals surface area contributed by atoms with Gasteiger partial charge in [-0.2, -0.15) is 0 Å². The minimum absolute atomic E-state index is 0.00602. The third kappa shape index (κ3) is 6.02. The Bertz CT molecular complexity index is 1880. The van der Waals surface area contributed by atoms with Crippen molar-refractivity contribution in [2.45, 2.75) is 113 Å². The predicted molar refractivity (Wildman–Crippen MR) is 186 cm³/mol. The number of hydrogen-bond acceptors (Lipinski definition) is 5. The fourth-order valence-corrected chi connectivity index (χ4v) is 10.1. The molecular formula is C38H47N5O3S. The van der Waals surface area contributed by atoms with Crippen molar-refractivity contribution in [3.63, 3.8) is 0 Å². The van der Waals surface area contributed by atoms with E-state index in [0.29, 0.717) is 29.3 Å². The number of aryl methyl sites for hydroxylation is 2. The first-order chi connectivity index (χ1) is 22.5. The molecule has 2 saturated heterocycles. The summed E-state index contributed by atoms with van der Waals surface area (Å²) in [5, 5.41) is 8.69. The Morgan fingerprint density at radius 3 is 2.23 bits per heavy atom. The highest BCUT2D eigenvalue weighted by atomic mass is 32.2. The smallest absolute Gasteiger partial charge is 0.252 e. The molecule has 2 atom stereocenters. The fraction of sp³-hybridized carbons (Fsp3) is 0.474. The molecule has 3 aliphatic rings. The van der Waals surface area contributed by atoms with Crippen LogP contribution in [0.1, 0.15) is 96.7 Å². The largest absolute Gasteiger partial charge is 0.349 e. The Kier molecular flexibility index (Phi) is 8.51. The van der Waals surface area contributed by atoms with Crippen LogP contribution in [0.25, 0.3) is 11.0 Å². The van der Waals surface area contributed by atoms with Crippen LogP contribution in [0.2, 0.25) is 0 Å². The van der Waals surface area contributed by atoms with Crippen LogP contribution < -0.4 is 10.5 Å². The number of primary sulfonamides is 1. The molecule has 47 heavy (non-hydrogen) atoms. The molecule has 8 nitrogen and oxygen atoms in total. The maximum atomic E-state index is 13.5. The van der Waals surface area contributed by atoms with Gasteiger partial charge in [0.15, 0.2) is 0 Å². The Hall–Kier alpha value is -3.53. The van der Waals surface area contributed by atoms with Gasteiger partial charge >= 0.3 is 0 Å². The van der Waals surface area contributed by atoms with Crippen molar-refractivity contribution in [3.05, 3.63) is 94.8 Å². The number of amides is 1. The number of nitrogens with two attached hydrogens (primary N) is 1. The maximum Gasteiger partial charge on any atom is 0.252 e. The van der Waals surface area contributed by atoms with E-state index < -0.39 is 10.0 Å². The number of nitrogens with one attached hydrogen (secondary N) is 1. The first-order valence-corrected chi connectivity index (χ1v) is 18.8. The van der Waals surface area contributed by atoms with Crippen LogP contribution in [-0.2, 0) is 15.4 Å². The van der Waals surface area contributed by atoms with E-state index in [2.05, 4.69) is 76.3 Å². The second-order valence-corrected chi connectivity index (χ2v) is 15.9. The molecule has 1 aromatic heterocycles. The Morgan fingerprint density at radius 1 is 0.894 bits per heavy atom. The molecule has 3 aromatic carbocycles. The quantitative estimate of drug-likeness (QED) is 0.226. The second kappa shape index (κ2) is 12.5. The summed E-state index contributed by atoms with van der Waals surface area (Å²) >= 11 is 0. The van der Waals surface area contributed by atoms with Crippen molar-refractivity contribution < 1.29 is 13.2 Å². The zero-order valence-corrected chi connectivity index (χ0v) is 28.6. The number of hydrogen-bond donors (Lipinski definition) is 2. The fourth-order valence-electron chi connectivity index (χ4n) is 9.32. The van der Waals surface area contributed by atoms with Gasteiger partial charge in [-0.3, -0.25) is 9.69 Å². The van der Waals surface area contributed by atoms with E-state index in [1.54, 1.807) is 13.0 Å². The lowest BCUT2D eigenvalue weighted by atomic mass is 9.66. The van der Waals surface area contributed by atoms with Gasteiger partial charge in [0.2, 0.25) is 10.0 Å². The predicted octanol–water partition coefficient (Wildman–Crippen LogP) is 6.48. The van der Waals surface area contributed by atoms with Gasteiger partial charge in [0, 0.05) is 29.7 Å². The molecule has 1 amide bonds. The lowest BCUT2D eigenvalue weighted by Gasteiger charge is -2.45. The molecule has 3 N–H and O–H groups in total. The van der Waals surface area contributed by atoms with Gasteiger partial charge < -0.3 is 9.88 Å². The molecular weight excluding hydrogens is 607 g/mol. The van der Waals surface area contributed by atoms with Crippen LogP contribution >= 0.6 is 0 Å². The van der Waals surface area contributed by atoms with E-state index in [1.165, 1.54) is 42.8 Å². The average Bonchev–Trinajstić information content (AvgIpc) is 3.50. The van der Waals surface area contributed by atoms with E-state index in [0.717, 1.165) is 55.6 Å². The molecule has 7 rings (SSSR count). The number of piperidine rings is 1. The standard InChI is InChI=1S/C38H47N5O3S/c1-25-13-16-35(47(39,45)46)26(2)36(25)37(44)41-29-17-19-38(20-18-29,28-9-5-4-6-10-28)21-22-42-30-14-15-31(42)24-32(23-30)43-27(3)40-33-11-7-8-12-34(33)43/h4-13,16,29-32H,14-15,17-24H2,1-3H3,(H,41,44)(H2,39,45,46). The summed E-state index contributed by atoms with van der Waals surface area (Å²) in [7, 11) is -3.92. The number of aromatic nitrogens is 2. The molecule has 4 aromatic rings. The molecule has 248 valence electrons. The molecule has 0 spiro atoms. The van der Waals surface area contributed by atoms with Crippen LogP contribution in [0, 0.1) is 20.8 Å². The average molecular weight is 654 g/mol. The molecule has 2 aliphatic heterocycles. The van der Waals surface area contributed by atoms with E-state index in [1.807, 2.05) is 6.92 Å². The first-order valence-electron chi connectivity index (χ1n) is 17.2. The number of rotatable bonds is 8. The Morgan fingerprint density at radius 2 is 1.55 bits per heavy atom. The third-order valence-electron chi connectivity index (χ3n) is 11.7. The van der Waals surface area contributed by atoms with Crippen LogP contribution in [0.5, 0.6) is 0 Å². The first kappa shape index (κ1) is 32.0. The molecule has 3 fully saturated rings. The van der Waals surface area contributed by atoms with Crippen LogP contribution in [0.4, 0.5) is 0 Å². The zero-order valence-electron chi connectivity index (χ0n) is 27.8. The van der Waals surface area contributed by atoms with Crippen molar-refractivity contribution >= 4 is 27.0 Å². The third-order valence-corrected chi connectivity index (χ3v) is 12.7. The maximum absolute atomic E-state index is 13.5. The molecule has 3 heterocycles. The van der Waals surface area contributed by atoms with E-state index in [4.69, 9.17) is 10.1 Å². The van der Waals surface area contributed by atoms with Crippen molar-refractivity contribution in [3.8, 4) is 0 Å². The minimum atomic E-state index is -3.92. The molecule has 9 heteroatoms. The van der Waals surface area contributed by atoms with Crippen LogP contribution in [0.3, 0.4) is 0 Å². The molecule has 0 radical (unpaired) electrons. The van der Waals surface area contributed by atoms with Crippen LogP contribution in [0.15, 0.2) is 71.6 Å². The highest BCUT2D eigenvalue weighted by Crippen LogP contribution is 2.46. The second-order valence-electron chi connectivity index (χ2n) is 14.3. The number of nitrogens with zero attached hydrogens (tertiary/aromatic N) is 3. The van der Waals surface area contributed by atoms with Gasteiger partial charge in [-0.1, -0.05) is 48.5 Å². The number of imidazole rings is 1. The molecule has 2 unspecified atom stereocenters. The summed E-state index contributed by atoms with van der Waals surface area (Å²) in [5.74, 6) is 0.904.